The number of likely N-dealkylation sites (tertiary alicyclic amines) is 1. The van der Waals surface area contributed by atoms with E-state index < -0.39 is 0 Å². The minimum absolute atomic E-state index is 0.117. The van der Waals surface area contributed by atoms with Crippen LogP contribution in [0.5, 0.6) is 0 Å². The van der Waals surface area contributed by atoms with Crippen LogP contribution >= 0.6 is 23.2 Å². The topological polar surface area (TPSA) is 52.6 Å². The molecule has 4 nitrogen and oxygen atoms in total. The van der Waals surface area contributed by atoms with Gasteiger partial charge in [0.2, 0.25) is 0 Å². The average molecular weight is 317 g/mol. The van der Waals surface area contributed by atoms with E-state index in [1.54, 1.807) is 23.1 Å². The summed E-state index contributed by atoms with van der Waals surface area (Å²) < 4.78 is 0. The maximum Gasteiger partial charge on any atom is 0.317 e. The SMILES string of the molecule is O=C(NCc1ccc(Cl)cc1Cl)N1CCCC(CO)C1. The Labute approximate surface area is 128 Å². The van der Waals surface area contributed by atoms with Gasteiger partial charge in [-0.1, -0.05) is 29.3 Å². The van der Waals surface area contributed by atoms with Crippen molar-refractivity contribution in [2.75, 3.05) is 19.7 Å². The molecule has 0 aliphatic carbocycles. The van der Waals surface area contributed by atoms with Crippen LogP contribution in [0.15, 0.2) is 18.2 Å². The Kier molecular flexibility index (Phi) is 5.52. The molecule has 2 N–H and O–H groups in total. The molecule has 0 spiro atoms. The van der Waals surface area contributed by atoms with E-state index in [1.165, 1.54) is 0 Å². The van der Waals surface area contributed by atoms with Gasteiger partial charge in [0.05, 0.1) is 0 Å². The van der Waals surface area contributed by atoms with E-state index >= 15 is 0 Å². The summed E-state index contributed by atoms with van der Waals surface area (Å²) in [6.45, 7) is 1.84. The average Bonchev–Trinajstić information content (AvgIpc) is 2.46. The number of halogens is 2. The fourth-order valence-electron chi connectivity index (χ4n) is 2.35. The Balaban J connectivity index is 1.88. The third-order valence-corrected chi connectivity index (χ3v) is 4.10. The highest BCUT2D eigenvalue weighted by atomic mass is 35.5. The molecule has 1 aliphatic rings. The van der Waals surface area contributed by atoms with E-state index in [1.807, 2.05) is 0 Å². The van der Waals surface area contributed by atoms with Crippen molar-refractivity contribution >= 4 is 29.2 Å². The molecule has 0 radical (unpaired) electrons. The molecule has 1 unspecified atom stereocenters. The lowest BCUT2D eigenvalue weighted by molar-refractivity contribution is 0.129. The lowest BCUT2D eigenvalue weighted by atomic mass is 9.99. The van der Waals surface area contributed by atoms with Crippen LogP contribution in [0.1, 0.15) is 18.4 Å². The van der Waals surface area contributed by atoms with Crippen LogP contribution < -0.4 is 5.32 Å². The summed E-state index contributed by atoms with van der Waals surface area (Å²) in [6, 6.07) is 5.09. The first-order valence-corrected chi connectivity index (χ1v) is 7.43. The van der Waals surface area contributed by atoms with Crippen LogP contribution in [-0.4, -0.2) is 35.7 Å². The molecule has 0 aromatic heterocycles. The summed E-state index contributed by atoms with van der Waals surface area (Å²) in [5.74, 6) is 0.189. The van der Waals surface area contributed by atoms with Crippen molar-refractivity contribution in [3.05, 3.63) is 33.8 Å². The van der Waals surface area contributed by atoms with E-state index in [2.05, 4.69) is 5.32 Å². The van der Waals surface area contributed by atoms with Crippen LogP contribution in [0.2, 0.25) is 10.0 Å². The van der Waals surface area contributed by atoms with Gasteiger partial charge in [0.25, 0.3) is 0 Å². The minimum Gasteiger partial charge on any atom is -0.396 e. The number of carbonyl (C=O) groups excluding carboxylic acids is 1. The molecule has 2 rings (SSSR count). The Hall–Kier alpha value is -0.970. The molecule has 1 atom stereocenters. The fraction of sp³-hybridized carbons (Fsp3) is 0.500. The lowest BCUT2D eigenvalue weighted by Crippen LogP contribution is -2.45. The number of rotatable bonds is 3. The number of carbonyl (C=O) groups is 1. The maximum atomic E-state index is 12.1. The van der Waals surface area contributed by atoms with Gasteiger partial charge in [0.15, 0.2) is 0 Å². The van der Waals surface area contributed by atoms with Crippen molar-refractivity contribution in [1.82, 2.24) is 10.2 Å². The second kappa shape index (κ2) is 7.16. The fourth-order valence-corrected chi connectivity index (χ4v) is 2.82. The lowest BCUT2D eigenvalue weighted by Gasteiger charge is -2.31. The third-order valence-electron chi connectivity index (χ3n) is 3.51. The number of nitrogens with one attached hydrogen (secondary N) is 1. The zero-order chi connectivity index (χ0) is 14.5. The Morgan fingerprint density at radius 2 is 2.25 bits per heavy atom. The van der Waals surface area contributed by atoms with E-state index in [4.69, 9.17) is 23.2 Å². The number of aliphatic hydroxyl groups is 1. The van der Waals surface area contributed by atoms with Crippen molar-refractivity contribution < 1.29 is 9.90 Å². The van der Waals surface area contributed by atoms with Crippen LogP contribution in [0.3, 0.4) is 0 Å². The minimum atomic E-state index is -0.117. The number of urea groups is 1. The van der Waals surface area contributed by atoms with Gasteiger partial charge < -0.3 is 15.3 Å². The number of hydrogen-bond acceptors (Lipinski definition) is 2. The van der Waals surface area contributed by atoms with Gasteiger partial charge in [-0.25, -0.2) is 4.79 Å². The summed E-state index contributed by atoms with van der Waals surface area (Å²) in [4.78, 5) is 13.8. The maximum absolute atomic E-state index is 12.1. The number of hydrogen-bond donors (Lipinski definition) is 2. The Morgan fingerprint density at radius 3 is 2.95 bits per heavy atom. The molecule has 1 aromatic carbocycles. The van der Waals surface area contributed by atoms with Gasteiger partial charge in [-0.05, 0) is 36.5 Å². The molecule has 110 valence electrons. The molecular formula is C14H18Cl2N2O2. The van der Waals surface area contributed by atoms with Crippen molar-refractivity contribution in [1.29, 1.82) is 0 Å². The molecule has 6 heteroatoms. The predicted octanol–water partition coefficient (Wildman–Crippen LogP) is 2.91. The third kappa shape index (κ3) is 4.01. The van der Waals surface area contributed by atoms with Crippen LogP contribution in [-0.2, 0) is 6.54 Å². The smallest absolute Gasteiger partial charge is 0.317 e. The molecule has 1 saturated heterocycles. The molecule has 20 heavy (non-hydrogen) atoms. The molecule has 0 saturated carbocycles. The van der Waals surface area contributed by atoms with Crippen LogP contribution in [0, 0.1) is 5.92 Å². The standard InChI is InChI=1S/C14H18Cl2N2O2/c15-12-4-3-11(13(16)6-12)7-17-14(20)18-5-1-2-10(8-18)9-19/h3-4,6,10,19H,1-2,5,7-9H2,(H,17,20). The molecule has 1 fully saturated rings. The highest BCUT2D eigenvalue weighted by molar-refractivity contribution is 6.35. The van der Waals surface area contributed by atoms with Gasteiger partial charge in [-0.2, -0.15) is 0 Å². The monoisotopic (exact) mass is 316 g/mol. The number of aliphatic hydroxyl groups excluding tert-OH is 1. The highest BCUT2D eigenvalue weighted by Gasteiger charge is 2.22. The molecule has 1 aromatic rings. The normalized spacial score (nSPS) is 18.9. The van der Waals surface area contributed by atoms with Crippen molar-refractivity contribution in [2.45, 2.75) is 19.4 Å². The molecule has 1 heterocycles. The van der Waals surface area contributed by atoms with Crippen molar-refractivity contribution in [3.63, 3.8) is 0 Å². The van der Waals surface area contributed by atoms with Gasteiger partial charge in [0.1, 0.15) is 0 Å². The predicted molar refractivity (Wildman–Crippen MR) is 80.1 cm³/mol. The van der Waals surface area contributed by atoms with E-state index in [-0.39, 0.29) is 18.6 Å². The van der Waals surface area contributed by atoms with Gasteiger partial charge in [0, 0.05) is 36.3 Å². The van der Waals surface area contributed by atoms with Crippen molar-refractivity contribution in [2.24, 2.45) is 5.92 Å². The van der Waals surface area contributed by atoms with Crippen LogP contribution in [0.25, 0.3) is 0 Å². The zero-order valence-electron chi connectivity index (χ0n) is 11.1. The Morgan fingerprint density at radius 1 is 1.45 bits per heavy atom. The Bertz CT molecular complexity index is 482. The summed E-state index contributed by atoms with van der Waals surface area (Å²) in [6.07, 6.45) is 1.91. The van der Waals surface area contributed by atoms with E-state index in [9.17, 15) is 9.90 Å². The number of amides is 2. The van der Waals surface area contributed by atoms with Crippen molar-refractivity contribution in [3.8, 4) is 0 Å². The molecule has 2 amide bonds. The first kappa shape index (κ1) is 15.4. The van der Waals surface area contributed by atoms with E-state index in [0.717, 1.165) is 24.9 Å². The largest absolute Gasteiger partial charge is 0.396 e. The summed E-state index contributed by atoms with van der Waals surface area (Å²) >= 11 is 11.9. The summed E-state index contributed by atoms with van der Waals surface area (Å²) in [5, 5.41) is 13.1. The molecular weight excluding hydrogens is 299 g/mol. The molecule has 1 aliphatic heterocycles. The number of piperidine rings is 1. The van der Waals surface area contributed by atoms with Crippen LogP contribution in [0.4, 0.5) is 4.79 Å². The second-order valence-electron chi connectivity index (χ2n) is 5.03. The van der Waals surface area contributed by atoms with E-state index in [0.29, 0.717) is 23.1 Å². The van der Waals surface area contributed by atoms with Gasteiger partial charge in [-0.3, -0.25) is 0 Å². The van der Waals surface area contributed by atoms with Gasteiger partial charge >= 0.3 is 6.03 Å². The second-order valence-corrected chi connectivity index (χ2v) is 5.87. The summed E-state index contributed by atoms with van der Waals surface area (Å²) in [7, 11) is 0. The summed E-state index contributed by atoms with van der Waals surface area (Å²) in [5.41, 5.74) is 0.833. The number of nitrogens with zero attached hydrogens (tertiary/aromatic N) is 1. The zero-order valence-corrected chi connectivity index (χ0v) is 12.6. The quantitative estimate of drug-likeness (QED) is 0.901. The first-order valence-electron chi connectivity index (χ1n) is 6.67. The van der Waals surface area contributed by atoms with Gasteiger partial charge in [-0.15, -0.1) is 0 Å². The molecule has 0 bridgehead atoms. The highest BCUT2D eigenvalue weighted by Crippen LogP contribution is 2.21. The number of benzene rings is 1. The first-order chi connectivity index (χ1) is 9.60.